The minimum absolute atomic E-state index is 0.217. The number of thioether (sulfide) groups is 1. The fourth-order valence-corrected chi connectivity index (χ4v) is 1.37. The lowest BCUT2D eigenvalue weighted by Crippen LogP contribution is -2.28. The summed E-state index contributed by atoms with van der Waals surface area (Å²) in [5, 5.41) is 0. The molecule has 76 valence electrons. The average molecular weight is 227 g/mol. The van der Waals surface area contributed by atoms with Crippen LogP contribution in [0.5, 0.6) is 5.75 Å². The van der Waals surface area contributed by atoms with Gasteiger partial charge < -0.3 is 10.5 Å². The Balaban J connectivity index is 2.64. The van der Waals surface area contributed by atoms with Gasteiger partial charge in [-0.15, -0.1) is 11.8 Å². The zero-order valence-electron chi connectivity index (χ0n) is 8.19. The van der Waals surface area contributed by atoms with Gasteiger partial charge >= 0.3 is 0 Å². The first-order valence-corrected chi connectivity index (χ1v) is 5.87. The van der Waals surface area contributed by atoms with Crippen molar-refractivity contribution in [2.75, 3.05) is 6.26 Å². The second-order valence-corrected chi connectivity index (χ2v) is 4.19. The van der Waals surface area contributed by atoms with E-state index in [0.29, 0.717) is 4.99 Å². The Morgan fingerprint density at radius 3 is 2.43 bits per heavy atom. The maximum absolute atomic E-state index is 5.50. The number of hydrogen-bond acceptors (Lipinski definition) is 3. The summed E-state index contributed by atoms with van der Waals surface area (Å²) in [6.45, 7) is 1.84. The topological polar surface area (TPSA) is 35.2 Å². The molecule has 14 heavy (non-hydrogen) atoms. The molecule has 4 heteroatoms. The lowest BCUT2D eigenvalue weighted by molar-refractivity contribution is 0.288. The number of ether oxygens (including phenoxy) is 1. The maximum Gasteiger partial charge on any atom is 0.145 e. The van der Waals surface area contributed by atoms with E-state index in [0.717, 1.165) is 5.75 Å². The molecule has 1 rings (SSSR count). The summed E-state index contributed by atoms with van der Waals surface area (Å²) < 4.78 is 5.50. The molecular weight excluding hydrogens is 214 g/mol. The monoisotopic (exact) mass is 227 g/mol. The smallest absolute Gasteiger partial charge is 0.145 e. The van der Waals surface area contributed by atoms with Crippen molar-refractivity contribution in [2.24, 2.45) is 5.73 Å². The van der Waals surface area contributed by atoms with Gasteiger partial charge in [-0.3, -0.25) is 0 Å². The minimum Gasteiger partial charge on any atom is -0.484 e. The fraction of sp³-hybridized carbons (Fsp3) is 0.300. The Morgan fingerprint density at radius 1 is 1.43 bits per heavy atom. The molecule has 0 radical (unpaired) electrons. The van der Waals surface area contributed by atoms with Gasteiger partial charge in [-0.1, -0.05) is 12.2 Å². The van der Waals surface area contributed by atoms with Gasteiger partial charge in [0.25, 0.3) is 0 Å². The second-order valence-electron chi connectivity index (χ2n) is 2.84. The van der Waals surface area contributed by atoms with Crippen molar-refractivity contribution in [2.45, 2.75) is 17.9 Å². The van der Waals surface area contributed by atoms with Gasteiger partial charge in [-0.05, 0) is 37.4 Å². The van der Waals surface area contributed by atoms with Crippen LogP contribution < -0.4 is 10.5 Å². The van der Waals surface area contributed by atoms with Crippen LogP contribution in [-0.2, 0) is 0 Å². The van der Waals surface area contributed by atoms with E-state index in [1.165, 1.54) is 4.90 Å². The Hall–Kier alpha value is -0.740. The van der Waals surface area contributed by atoms with E-state index in [1.807, 2.05) is 37.4 Å². The molecule has 0 aliphatic rings. The van der Waals surface area contributed by atoms with Crippen LogP contribution in [0.15, 0.2) is 29.2 Å². The van der Waals surface area contributed by atoms with Crippen LogP contribution in [0, 0.1) is 0 Å². The highest BCUT2D eigenvalue weighted by Gasteiger charge is 2.05. The normalized spacial score (nSPS) is 12.1. The van der Waals surface area contributed by atoms with E-state index in [9.17, 15) is 0 Å². The maximum atomic E-state index is 5.50. The van der Waals surface area contributed by atoms with E-state index in [1.54, 1.807) is 11.8 Å². The van der Waals surface area contributed by atoms with Crippen LogP contribution in [0.3, 0.4) is 0 Å². The molecule has 2 nitrogen and oxygen atoms in total. The van der Waals surface area contributed by atoms with Crippen molar-refractivity contribution in [3.63, 3.8) is 0 Å². The first-order chi connectivity index (χ1) is 6.63. The van der Waals surface area contributed by atoms with Crippen LogP contribution in [0.4, 0.5) is 0 Å². The zero-order valence-corrected chi connectivity index (χ0v) is 9.82. The SMILES string of the molecule is CSc1ccc(OC(C)C(N)=S)cc1. The van der Waals surface area contributed by atoms with Gasteiger partial charge in [0, 0.05) is 4.90 Å². The quantitative estimate of drug-likeness (QED) is 0.633. The Kier molecular flexibility index (Phi) is 4.22. The third kappa shape index (κ3) is 3.20. The van der Waals surface area contributed by atoms with E-state index in [2.05, 4.69) is 0 Å². The van der Waals surface area contributed by atoms with E-state index in [4.69, 9.17) is 22.7 Å². The van der Waals surface area contributed by atoms with Gasteiger partial charge in [0.2, 0.25) is 0 Å². The first kappa shape index (κ1) is 11.3. The lowest BCUT2D eigenvalue weighted by atomic mass is 10.3. The minimum atomic E-state index is -0.217. The van der Waals surface area contributed by atoms with Crippen molar-refractivity contribution in [3.05, 3.63) is 24.3 Å². The van der Waals surface area contributed by atoms with Crippen molar-refractivity contribution in [1.29, 1.82) is 0 Å². The largest absolute Gasteiger partial charge is 0.484 e. The third-order valence-electron chi connectivity index (χ3n) is 1.77. The average Bonchev–Trinajstić information content (AvgIpc) is 2.19. The molecule has 1 aromatic rings. The van der Waals surface area contributed by atoms with Crippen molar-refractivity contribution >= 4 is 29.0 Å². The summed E-state index contributed by atoms with van der Waals surface area (Å²) in [5.74, 6) is 0.795. The van der Waals surface area contributed by atoms with Crippen LogP contribution in [0.2, 0.25) is 0 Å². The van der Waals surface area contributed by atoms with E-state index < -0.39 is 0 Å². The summed E-state index contributed by atoms with van der Waals surface area (Å²) >= 11 is 6.51. The summed E-state index contributed by atoms with van der Waals surface area (Å²) in [6, 6.07) is 7.85. The first-order valence-electron chi connectivity index (χ1n) is 4.23. The third-order valence-corrected chi connectivity index (χ3v) is 2.85. The molecule has 2 N–H and O–H groups in total. The molecule has 0 amide bonds. The van der Waals surface area contributed by atoms with Gasteiger partial charge in [0.05, 0.1) is 0 Å². The highest BCUT2D eigenvalue weighted by atomic mass is 32.2. The molecule has 0 aliphatic carbocycles. The van der Waals surface area contributed by atoms with E-state index in [-0.39, 0.29) is 6.10 Å². The molecule has 0 spiro atoms. The predicted octanol–water partition coefficient (Wildman–Crippen LogP) is 2.46. The zero-order chi connectivity index (χ0) is 10.6. The van der Waals surface area contributed by atoms with Gasteiger partial charge in [-0.2, -0.15) is 0 Å². The molecule has 0 aromatic heterocycles. The van der Waals surface area contributed by atoms with Crippen LogP contribution >= 0.6 is 24.0 Å². The molecule has 0 saturated heterocycles. The predicted molar refractivity (Wildman–Crippen MR) is 65.1 cm³/mol. The highest BCUT2D eigenvalue weighted by Crippen LogP contribution is 2.19. The lowest BCUT2D eigenvalue weighted by Gasteiger charge is -2.12. The van der Waals surface area contributed by atoms with Gasteiger partial charge in [-0.25, -0.2) is 0 Å². The van der Waals surface area contributed by atoms with Crippen LogP contribution in [-0.4, -0.2) is 17.3 Å². The number of thiocarbonyl (C=S) groups is 1. The molecule has 0 heterocycles. The summed E-state index contributed by atoms with van der Waals surface area (Å²) in [7, 11) is 0. The van der Waals surface area contributed by atoms with Gasteiger partial charge in [0.1, 0.15) is 16.8 Å². The van der Waals surface area contributed by atoms with Crippen LogP contribution in [0.25, 0.3) is 0 Å². The number of nitrogens with two attached hydrogens (primary N) is 1. The molecular formula is C10H13NOS2. The molecule has 1 unspecified atom stereocenters. The Bertz CT molecular complexity index is 310. The van der Waals surface area contributed by atoms with Crippen molar-refractivity contribution in [1.82, 2.24) is 0 Å². The summed E-state index contributed by atoms with van der Waals surface area (Å²) in [4.78, 5) is 1.58. The molecule has 0 saturated carbocycles. The standard InChI is InChI=1S/C10H13NOS2/c1-7(10(11)13)12-8-3-5-9(14-2)6-4-8/h3-7H,1-2H3,(H2,11,13). The van der Waals surface area contributed by atoms with Gasteiger partial charge in [0.15, 0.2) is 0 Å². The second kappa shape index (κ2) is 5.22. The Labute approximate surface area is 93.8 Å². The molecule has 0 fully saturated rings. The highest BCUT2D eigenvalue weighted by molar-refractivity contribution is 7.98. The fourth-order valence-electron chi connectivity index (χ4n) is 0.916. The number of rotatable bonds is 4. The Morgan fingerprint density at radius 2 is 2.00 bits per heavy atom. The van der Waals surface area contributed by atoms with Crippen molar-refractivity contribution in [3.8, 4) is 5.75 Å². The van der Waals surface area contributed by atoms with Crippen LogP contribution in [0.1, 0.15) is 6.92 Å². The molecule has 1 aromatic carbocycles. The number of benzene rings is 1. The van der Waals surface area contributed by atoms with Crippen molar-refractivity contribution < 1.29 is 4.74 Å². The molecule has 1 atom stereocenters. The van der Waals surface area contributed by atoms with E-state index >= 15 is 0 Å². The number of hydrogen-bond donors (Lipinski definition) is 1. The summed E-state index contributed by atoms with van der Waals surface area (Å²) in [6.07, 6.45) is 1.82. The summed E-state index contributed by atoms with van der Waals surface area (Å²) in [5.41, 5.74) is 5.44. The molecule has 0 aliphatic heterocycles. The molecule has 0 bridgehead atoms.